The predicted octanol–water partition coefficient (Wildman–Crippen LogP) is 4.53. The molecule has 1 aromatic rings. The topological polar surface area (TPSA) is 30.5 Å². The third-order valence-corrected chi connectivity index (χ3v) is 3.74. The Kier molecular flexibility index (Phi) is 8.30. The lowest BCUT2D eigenvalue weighted by atomic mass is 10.1. The summed E-state index contributed by atoms with van der Waals surface area (Å²) in [5, 5.41) is 3.49. The lowest BCUT2D eigenvalue weighted by Gasteiger charge is -2.21. The van der Waals surface area contributed by atoms with E-state index in [0.29, 0.717) is 13.2 Å². The molecule has 0 aliphatic carbocycles. The largest absolute Gasteiger partial charge is 0.491 e. The number of benzene rings is 1. The summed E-state index contributed by atoms with van der Waals surface area (Å²) in [6.07, 6.45) is 2.28. The van der Waals surface area contributed by atoms with E-state index in [9.17, 15) is 0 Å². The third kappa shape index (κ3) is 8.44. The van der Waals surface area contributed by atoms with Crippen molar-refractivity contribution in [2.45, 2.75) is 52.6 Å². The average Bonchev–Trinajstić information content (AvgIpc) is 2.42. The van der Waals surface area contributed by atoms with Crippen molar-refractivity contribution in [3.8, 4) is 5.75 Å². The standard InChI is InChI=1S/C17H28BrNO2/c1-5-6-9-20-10-11-21-15-7-8-16(18)14(12-15)13-19-17(2,3)4/h7-8,12,19H,5-6,9-11,13H2,1-4H3. The van der Waals surface area contributed by atoms with Crippen molar-refractivity contribution in [2.75, 3.05) is 19.8 Å². The van der Waals surface area contributed by atoms with Crippen molar-refractivity contribution in [1.29, 1.82) is 0 Å². The molecular formula is C17H28BrNO2. The van der Waals surface area contributed by atoms with Crippen LogP contribution in [0, 0.1) is 0 Å². The minimum atomic E-state index is 0.101. The van der Waals surface area contributed by atoms with Gasteiger partial charge in [-0.05, 0) is 51.0 Å². The summed E-state index contributed by atoms with van der Waals surface area (Å²) >= 11 is 3.59. The molecule has 120 valence electrons. The second kappa shape index (κ2) is 9.44. The lowest BCUT2D eigenvalue weighted by Crippen LogP contribution is -2.35. The van der Waals surface area contributed by atoms with E-state index >= 15 is 0 Å². The van der Waals surface area contributed by atoms with Crippen molar-refractivity contribution in [2.24, 2.45) is 0 Å². The van der Waals surface area contributed by atoms with Gasteiger partial charge < -0.3 is 14.8 Å². The van der Waals surface area contributed by atoms with E-state index < -0.39 is 0 Å². The zero-order valence-electron chi connectivity index (χ0n) is 13.7. The number of unbranched alkanes of at least 4 members (excludes halogenated alkanes) is 1. The van der Waals surface area contributed by atoms with E-state index in [1.165, 1.54) is 5.56 Å². The van der Waals surface area contributed by atoms with E-state index in [1.54, 1.807) is 0 Å². The Morgan fingerprint density at radius 1 is 1.14 bits per heavy atom. The molecule has 0 fully saturated rings. The molecule has 0 unspecified atom stereocenters. The van der Waals surface area contributed by atoms with Gasteiger partial charge in [-0.2, -0.15) is 0 Å². The highest BCUT2D eigenvalue weighted by Gasteiger charge is 2.10. The zero-order valence-corrected chi connectivity index (χ0v) is 15.3. The van der Waals surface area contributed by atoms with E-state index in [-0.39, 0.29) is 5.54 Å². The Labute approximate surface area is 137 Å². The summed E-state index contributed by atoms with van der Waals surface area (Å²) in [7, 11) is 0. The number of halogens is 1. The van der Waals surface area contributed by atoms with Gasteiger partial charge in [-0.3, -0.25) is 0 Å². The van der Waals surface area contributed by atoms with Crippen LogP contribution in [0.5, 0.6) is 5.75 Å². The molecule has 0 atom stereocenters. The highest BCUT2D eigenvalue weighted by Crippen LogP contribution is 2.23. The Hall–Kier alpha value is -0.580. The maximum Gasteiger partial charge on any atom is 0.119 e. The molecule has 0 amide bonds. The molecule has 3 nitrogen and oxygen atoms in total. The zero-order chi connectivity index (χ0) is 15.7. The summed E-state index contributed by atoms with van der Waals surface area (Å²) in [4.78, 5) is 0. The quantitative estimate of drug-likeness (QED) is 0.658. The minimum Gasteiger partial charge on any atom is -0.491 e. The maximum absolute atomic E-state index is 5.74. The number of hydrogen-bond donors (Lipinski definition) is 1. The summed E-state index contributed by atoms with van der Waals surface area (Å²) in [6.45, 7) is 11.5. The van der Waals surface area contributed by atoms with Gasteiger partial charge in [0.05, 0.1) is 6.61 Å². The Bertz CT molecular complexity index is 416. The fourth-order valence-corrected chi connectivity index (χ4v) is 2.09. The van der Waals surface area contributed by atoms with Crippen LogP contribution < -0.4 is 10.1 Å². The number of nitrogens with one attached hydrogen (secondary N) is 1. The van der Waals surface area contributed by atoms with Crippen molar-refractivity contribution in [3.05, 3.63) is 28.2 Å². The molecule has 1 N–H and O–H groups in total. The first-order valence-electron chi connectivity index (χ1n) is 7.66. The molecule has 0 saturated carbocycles. The Morgan fingerprint density at radius 2 is 1.90 bits per heavy atom. The van der Waals surface area contributed by atoms with E-state index in [4.69, 9.17) is 9.47 Å². The van der Waals surface area contributed by atoms with Crippen molar-refractivity contribution in [3.63, 3.8) is 0 Å². The van der Waals surface area contributed by atoms with Crippen molar-refractivity contribution >= 4 is 15.9 Å². The van der Waals surface area contributed by atoms with Crippen LogP contribution in [0.1, 0.15) is 46.1 Å². The van der Waals surface area contributed by atoms with Crippen LogP contribution in [0.3, 0.4) is 0 Å². The van der Waals surface area contributed by atoms with E-state index in [0.717, 1.165) is 36.2 Å². The molecule has 4 heteroatoms. The normalized spacial score (nSPS) is 11.7. The van der Waals surface area contributed by atoms with Gasteiger partial charge in [0.2, 0.25) is 0 Å². The molecule has 0 heterocycles. The molecular weight excluding hydrogens is 330 g/mol. The first-order chi connectivity index (χ1) is 9.92. The van der Waals surface area contributed by atoms with E-state index in [1.807, 2.05) is 12.1 Å². The van der Waals surface area contributed by atoms with Gasteiger partial charge in [0.1, 0.15) is 12.4 Å². The molecule has 0 aliphatic rings. The Morgan fingerprint density at radius 3 is 2.57 bits per heavy atom. The summed E-state index contributed by atoms with van der Waals surface area (Å²) in [6, 6.07) is 6.10. The van der Waals surface area contributed by atoms with Crippen molar-refractivity contribution < 1.29 is 9.47 Å². The molecule has 0 radical (unpaired) electrons. The maximum atomic E-state index is 5.74. The number of hydrogen-bond acceptors (Lipinski definition) is 3. The molecule has 1 rings (SSSR count). The number of rotatable bonds is 9. The van der Waals surface area contributed by atoms with Gasteiger partial charge in [0.15, 0.2) is 0 Å². The molecule has 0 aromatic heterocycles. The lowest BCUT2D eigenvalue weighted by molar-refractivity contribution is 0.0980. The van der Waals surface area contributed by atoms with Crippen LogP contribution in [0.2, 0.25) is 0 Å². The number of ether oxygens (including phenoxy) is 2. The molecule has 1 aromatic carbocycles. The molecule has 0 saturated heterocycles. The third-order valence-electron chi connectivity index (χ3n) is 2.96. The van der Waals surface area contributed by atoms with Crippen molar-refractivity contribution in [1.82, 2.24) is 5.32 Å². The van der Waals surface area contributed by atoms with Gasteiger partial charge in [-0.15, -0.1) is 0 Å². The second-order valence-corrected chi connectivity index (χ2v) is 7.03. The van der Waals surface area contributed by atoms with Gasteiger partial charge in [0.25, 0.3) is 0 Å². The predicted molar refractivity (Wildman–Crippen MR) is 92.0 cm³/mol. The van der Waals surface area contributed by atoms with Gasteiger partial charge >= 0.3 is 0 Å². The fourth-order valence-electron chi connectivity index (χ4n) is 1.70. The summed E-state index contributed by atoms with van der Waals surface area (Å²) in [5.74, 6) is 0.892. The summed E-state index contributed by atoms with van der Waals surface area (Å²) < 4.78 is 12.3. The minimum absolute atomic E-state index is 0.101. The van der Waals surface area contributed by atoms with Crippen LogP contribution in [0.25, 0.3) is 0 Å². The van der Waals surface area contributed by atoms with Crippen LogP contribution in [-0.4, -0.2) is 25.4 Å². The summed E-state index contributed by atoms with van der Waals surface area (Å²) in [5.41, 5.74) is 1.30. The monoisotopic (exact) mass is 357 g/mol. The van der Waals surface area contributed by atoms with Crippen LogP contribution in [0.4, 0.5) is 0 Å². The SMILES string of the molecule is CCCCOCCOc1ccc(Br)c(CNC(C)(C)C)c1. The molecule has 0 spiro atoms. The Balaban J connectivity index is 2.41. The molecule has 0 bridgehead atoms. The van der Waals surface area contributed by atoms with Gasteiger partial charge in [-0.25, -0.2) is 0 Å². The molecule has 21 heavy (non-hydrogen) atoms. The second-order valence-electron chi connectivity index (χ2n) is 6.17. The first-order valence-corrected chi connectivity index (χ1v) is 8.45. The smallest absolute Gasteiger partial charge is 0.119 e. The average molecular weight is 358 g/mol. The highest BCUT2D eigenvalue weighted by atomic mass is 79.9. The van der Waals surface area contributed by atoms with Crippen LogP contribution in [0.15, 0.2) is 22.7 Å². The van der Waals surface area contributed by atoms with E-state index in [2.05, 4.69) is 55.0 Å². The first kappa shape index (κ1) is 18.5. The van der Waals surface area contributed by atoms with Crippen LogP contribution >= 0.6 is 15.9 Å². The van der Waals surface area contributed by atoms with Gasteiger partial charge in [-0.1, -0.05) is 29.3 Å². The van der Waals surface area contributed by atoms with Crippen LogP contribution in [-0.2, 0) is 11.3 Å². The molecule has 0 aliphatic heterocycles. The highest BCUT2D eigenvalue weighted by molar-refractivity contribution is 9.10. The van der Waals surface area contributed by atoms with Gasteiger partial charge in [0, 0.05) is 23.2 Å². The fraction of sp³-hybridized carbons (Fsp3) is 0.647.